The van der Waals surface area contributed by atoms with Gasteiger partial charge in [0.2, 0.25) is 0 Å². The average Bonchev–Trinajstić information content (AvgIpc) is 3.58. The van der Waals surface area contributed by atoms with E-state index in [1.807, 2.05) is 0 Å². The molecule has 13 heteroatoms. The van der Waals surface area contributed by atoms with Crippen LogP contribution in [0.1, 0.15) is 42.4 Å². The minimum Gasteiger partial charge on any atom is -0.343 e. The maximum atomic E-state index is 13.6. The number of pyridine rings is 1. The van der Waals surface area contributed by atoms with Gasteiger partial charge in [-0.15, -0.1) is 11.3 Å². The van der Waals surface area contributed by atoms with Crippen LogP contribution in [-0.2, 0) is 12.4 Å². The zero-order chi connectivity index (χ0) is 26.1. The minimum atomic E-state index is -5.07. The lowest BCUT2D eigenvalue weighted by Gasteiger charge is -2.37. The highest BCUT2D eigenvalue weighted by molar-refractivity contribution is 7.17. The van der Waals surface area contributed by atoms with Crippen LogP contribution in [0.4, 0.5) is 32.2 Å². The second-order valence-corrected chi connectivity index (χ2v) is 9.98. The second-order valence-electron chi connectivity index (χ2n) is 9.13. The van der Waals surface area contributed by atoms with Crippen molar-refractivity contribution >= 4 is 27.4 Å². The number of hydrogen-bond acceptors (Lipinski definition) is 6. The Kier molecular flexibility index (Phi) is 5.34. The SMILES string of the molecule is O=c1ccnc([C@@H]2[C@H]3CC[C@H](C3)N2c2cc(C(F)(F)F)cc(C(F)(F)F)n2)n1-c1cccc2ncsc12. The molecule has 192 valence electrons. The second kappa shape index (κ2) is 8.27. The van der Waals surface area contributed by atoms with Crippen molar-refractivity contribution in [3.8, 4) is 5.69 Å². The molecule has 2 bridgehead atoms. The summed E-state index contributed by atoms with van der Waals surface area (Å²) in [5.41, 5.74) is -0.677. The van der Waals surface area contributed by atoms with Crippen LogP contribution in [-0.4, -0.2) is 25.6 Å². The van der Waals surface area contributed by atoms with Gasteiger partial charge in [0.25, 0.3) is 5.56 Å². The topological polar surface area (TPSA) is 63.9 Å². The summed E-state index contributed by atoms with van der Waals surface area (Å²) < 4.78 is 83.7. The van der Waals surface area contributed by atoms with Crippen LogP contribution in [0.3, 0.4) is 0 Å². The van der Waals surface area contributed by atoms with Crippen LogP contribution in [0.5, 0.6) is 0 Å². The van der Waals surface area contributed by atoms with Gasteiger partial charge < -0.3 is 4.90 Å². The molecule has 37 heavy (non-hydrogen) atoms. The molecule has 0 radical (unpaired) electrons. The number of fused-ring (bicyclic) bond motifs is 3. The van der Waals surface area contributed by atoms with Crippen molar-refractivity contribution in [2.75, 3.05) is 4.90 Å². The zero-order valence-corrected chi connectivity index (χ0v) is 19.6. The first-order valence-electron chi connectivity index (χ1n) is 11.4. The molecule has 1 saturated heterocycles. The van der Waals surface area contributed by atoms with Crippen LogP contribution in [0, 0.1) is 5.92 Å². The van der Waals surface area contributed by atoms with Crippen molar-refractivity contribution < 1.29 is 26.3 Å². The highest BCUT2D eigenvalue weighted by Gasteiger charge is 2.50. The highest BCUT2D eigenvalue weighted by Crippen LogP contribution is 2.52. The predicted molar refractivity (Wildman–Crippen MR) is 124 cm³/mol. The fourth-order valence-electron chi connectivity index (χ4n) is 5.53. The summed E-state index contributed by atoms with van der Waals surface area (Å²) >= 11 is 1.32. The van der Waals surface area contributed by atoms with E-state index < -0.39 is 41.0 Å². The number of piperidine rings is 1. The standard InChI is InChI=1S/C24H17F6N5OS/c25-23(26,27)13-9-17(24(28,29)30)33-18(10-13)34-14-5-4-12(8-14)20(34)22-31-7-6-19(36)35(22)16-3-1-2-15-21(16)37-11-32-15/h1-3,6-7,9-12,14,20H,4-5,8H2/t12-,14+,20-/m0/s1. The third-order valence-electron chi connectivity index (χ3n) is 6.99. The van der Waals surface area contributed by atoms with E-state index >= 15 is 0 Å². The molecule has 3 atom stereocenters. The summed E-state index contributed by atoms with van der Waals surface area (Å²) in [5, 5.41) is 0. The van der Waals surface area contributed by atoms with Gasteiger partial charge in [0.05, 0.1) is 33.0 Å². The molecule has 0 N–H and O–H groups in total. The van der Waals surface area contributed by atoms with E-state index in [1.165, 1.54) is 33.1 Å². The monoisotopic (exact) mass is 537 g/mol. The lowest BCUT2D eigenvalue weighted by molar-refractivity contribution is -0.145. The Bertz CT molecular complexity index is 1530. The third kappa shape index (κ3) is 3.95. The molecule has 2 aliphatic rings. The smallest absolute Gasteiger partial charge is 0.343 e. The highest BCUT2D eigenvalue weighted by atomic mass is 32.1. The molecule has 6 rings (SSSR count). The van der Waals surface area contributed by atoms with Gasteiger partial charge in [-0.25, -0.2) is 15.0 Å². The summed E-state index contributed by atoms with van der Waals surface area (Å²) in [6.45, 7) is 0. The van der Waals surface area contributed by atoms with Crippen molar-refractivity contribution in [2.24, 2.45) is 5.92 Å². The van der Waals surface area contributed by atoms with Crippen molar-refractivity contribution in [1.82, 2.24) is 19.5 Å². The maximum absolute atomic E-state index is 13.6. The van der Waals surface area contributed by atoms with E-state index in [2.05, 4.69) is 15.0 Å². The Morgan fingerprint density at radius 2 is 1.78 bits per heavy atom. The van der Waals surface area contributed by atoms with Crippen LogP contribution in [0.25, 0.3) is 15.9 Å². The number of anilines is 1. The quantitative estimate of drug-likeness (QED) is 0.300. The number of hydrogen-bond donors (Lipinski definition) is 0. The van der Waals surface area contributed by atoms with Gasteiger partial charge in [-0.3, -0.25) is 9.36 Å². The fourth-order valence-corrected chi connectivity index (χ4v) is 6.32. The Balaban J connectivity index is 1.56. The summed E-state index contributed by atoms with van der Waals surface area (Å²) in [7, 11) is 0. The van der Waals surface area contributed by atoms with Crippen molar-refractivity contribution in [2.45, 2.75) is 43.7 Å². The lowest BCUT2D eigenvalue weighted by Crippen LogP contribution is -2.39. The molecule has 1 aromatic carbocycles. The van der Waals surface area contributed by atoms with Crippen LogP contribution < -0.4 is 10.5 Å². The van der Waals surface area contributed by atoms with Gasteiger partial charge in [-0.05, 0) is 49.4 Å². The van der Waals surface area contributed by atoms with Gasteiger partial charge in [0, 0.05) is 18.3 Å². The Hall–Kier alpha value is -3.48. The Morgan fingerprint density at radius 3 is 2.54 bits per heavy atom. The number of thiazole rings is 1. The minimum absolute atomic E-state index is 0.0218. The van der Waals surface area contributed by atoms with E-state index in [0.717, 1.165) is 0 Å². The number of halogens is 6. The molecule has 3 aromatic heterocycles. The van der Waals surface area contributed by atoms with E-state index in [9.17, 15) is 31.1 Å². The maximum Gasteiger partial charge on any atom is 0.433 e. The van der Waals surface area contributed by atoms with E-state index in [4.69, 9.17) is 0 Å². The van der Waals surface area contributed by atoms with Gasteiger partial charge >= 0.3 is 12.4 Å². The number of nitrogens with zero attached hydrogens (tertiary/aromatic N) is 5. The largest absolute Gasteiger partial charge is 0.433 e. The van der Waals surface area contributed by atoms with Gasteiger partial charge in [-0.2, -0.15) is 26.3 Å². The Labute approximate surface area is 209 Å². The number of aromatic nitrogens is 4. The molecule has 0 spiro atoms. The van der Waals surface area contributed by atoms with E-state index in [1.54, 1.807) is 23.7 Å². The third-order valence-corrected chi connectivity index (χ3v) is 7.86. The predicted octanol–water partition coefficient (Wildman–Crippen LogP) is 6.00. The first kappa shape index (κ1) is 23.9. The fraction of sp³-hybridized carbons (Fsp3) is 0.333. The first-order valence-corrected chi connectivity index (χ1v) is 12.3. The number of alkyl halides is 6. The van der Waals surface area contributed by atoms with Gasteiger partial charge in [-0.1, -0.05) is 6.07 Å². The zero-order valence-electron chi connectivity index (χ0n) is 18.8. The molecule has 1 aliphatic carbocycles. The Morgan fingerprint density at radius 1 is 0.973 bits per heavy atom. The normalized spacial score (nSPS) is 21.8. The summed E-state index contributed by atoms with van der Waals surface area (Å²) in [6.07, 6.45) is -6.93. The van der Waals surface area contributed by atoms with Crippen LogP contribution >= 0.6 is 11.3 Å². The molecular formula is C24H17F6N5OS. The van der Waals surface area contributed by atoms with Crippen molar-refractivity contribution in [3.05, 3.63) is 75.5 Å². The van der Waals surface area contributed by atoms with E-state index in [0.29, 0.717) is 41.2 Å². The molecule has 0 amide bonds. The van der Waals surface area contributed by atoms with Crippen molar-refractivity contribution in [3.63, 3.8) is 0 Å². The van der Waals surface area contributed by atoms with Crippen LogP contribution in [0.2, 0.25) is 0 Å². The molecule has 1 aliphatic heterocycles. The summed E-state index contributed by atoms with van der Waals surface area (Å²) in [6, 6.07) is 6.09. The molecule has 1 saturated carbocycles. The molecular weight excluding hydrogens is 520 g/mol. The summed E-state index contributed by atoms with van der Waals surface area (Å²) in [4.78, 5) is 27.0. The number of rotatable bonds is 3. The van der Waals surface area contributed by atoms with Gasteiger partial charge in [0.1, 0.15) is 17.3 Å². The molecule has 4 aromatic rings. The summed E-state index contributed by atoms with van der Waals surface area (Å²) in [5.74, 6) is -0.315. The number of benzene rings is 1. The van der Waals surface area contributed by atoms with Gasteiger partial charge in [0.15, 0.2) is 0 Å². The molecule has 6 nitrogen and oxygen atoms in total. The van der Waals surface area contributed by atoms with E-state index in [-0.39, 0.29) is 23.9 Å². The van der Waals surface area contributed by atoms with Crippen molar-refractivity contribution in [1.29, 1.82) is 0 Å². The molecule has 2 fully saturated rings. The van der Waals surface area contributed by atoms with Crippen LogP contribution in [0.15, 0.2) is 52.9 Å². The average molecular weight is 537 g/mol. The lowest BCUT2D eigenvalue weighted by atomic mass is 9.97. The molecule has 4 heterocycles. The molecule has 0 unspecified atom stereocenters. The first-order chi connectivity index (χ1) is 17.5.